The molecule has 1 aliphatic rings. The Morgan fingerprint density at radius 3 is 2.52 bits per heavy atom. The standard InChI is InChI=1S/C17H18F3N7/c1-2-12-14-15(25-24-12)22-10-23-16(14)27-7-5-26(6-8-27)13-9-11(3-4-21-13)17(18,19)20/h3-4,9-10H,2,5-8H2,1H3,(H,22,23,24,25). The van der Waals surface area contributed by atoms with Crippen LogP contribution in [0, 0.1) is 0 Å². The number of anilines is 2. The number of rotatable bonds is 3. The van der Waals surface area contributed by atoms with Crippen molar-refractivity contribution in [2.24, 2.45) is 0 Å². The molecule has 142 valence electrons. The number of alkyl halides is 3. The molecule has 1 fully saturated rings. The monoisotopic (exact) mass is 377 g/mol. The fourth-order valence-electron chi connectivity index (χ4n) is 3.31. The Labute approximate surface area is 153 Å². The minimum Gasteiger partial charge on any atom is -0.353 e. The zero-order valence-corrected chi connectivity index (χ0v) is 14.7. The van der Waals surface area contributed by atoms with Gasteiger partial charge in [0.2, 0.25) is 0 Å². The summed E-state index contributed by atoms with van der Waals surface area (Å²) in [5.41, 5.74) is 0.917. The summed E-state index contributed by atoms with van der Waals surface area (Å²) in [7, 11) is 0. The largest absolute Gasteiger partial charge is 0.416 e. The van der Waals surface area contributed by atoms with Gasteiger partial charge >= 0.3 is 6.18 Å². The number of piperazine rings is 1. The molecule has 1 saturated heterocycles. The summed E-state index contributed by atoms with van der Waals surface area (Å²) in [6.07, 6.45) is -0.911. The van der Waals surface area contributed by atoms with Gasteiger partial charge in [-0.05, 0) is 18.6 Å². The Balaban J connectivity index is 1.54. The number of nitrogens with one attached hydrogen (secondary N) is 1. The molecule has 0 radical (unpaired) electrons. The Bertz CT molecular complexity index is 945. The summed E-state index contributed by atoms with van der Waals surface area (Å²) in [6.45, 7) is 4.37. The maximum Gasteiger partial charge on any atom is 0.416 e. The van der Waals surface area contributed by atoms with E-state index < -0.39 is 11.7 Å². The summed E-state index contributed by atoms with van der Waals surface area (Å²) < 4.78 is 38.8. The van der Waals surface area contributed by atoms with Crippen LogP contribution >= 0.6 is 0 Å². The Hall–Kier alpha value is -2.91. The van der Waals surface area contributed by atoms with Crippen LogP contribution in [0.2, 0.25) is 0 Å². The van der Waals surface area contributed by atoms with Gasteiger partial charge in [-0.2, -0.15) is 18.3 Å². The highest BCUT2D eigenvalue weighted by molar-refractivity contribution is 5.89. The van der Waals surface area contributed by atoms with Crippen molar-refractivity contribution in [2.45, 2.75) is 19.5 Å². The molecule has 0 aliphatic carbocycles. The molecular weight excluding hydrogens is 359 g/mol. The van der Waals surface area contributed by atoms with Crippen LogP contribution in [0.5, 0.6) is 0 Å². The number of aryl methyl sites for hydroxylation is 1. The van der Waals surface area contributed by atoms with E-state index in [0.717, 1.165) is 35.5 Å². The van der Waals surface area contributed by atoms with Crippen LogP contribution in [-0.4, -0.2) is 51.3 Å². The molecule has 0 unspecified atom stereocenters. The first-order chi connectivity index (χ1) is 13.0. The molecule has 0 bridgehead atoms. The second kappa shape index (κ2) is 6.67. The second-order valence-electron chi connectivity index (χ2n) is 6.32. The number of hydrogen-bond acceptors (Lipinski definition) is 6. The normalized spacial score (nSPS) is 15.6. The smallest absolute Gasteiger partial charge is 0.353 e. The van der Waals surface area contributed by atoms with E-state index in [4.69, 9.17) is 0 Å². The van der Waals surface area contributed by atoms with Crippen LogP contribution in [0.4, 0.5) is 24.8 Å². The van der Waals surface area contributed by atoms with E-state index in [-0.39, 0.29) is 0 Å². The van der Waals surface area contributed by atoms with Gasteiger partial charge in [0.15, 0.2) is 5.65 Å². The van der Waals surface area contributed by atoms with E-state index in [1.807, 2.05) is 11.8 Å². The Morgan fingerprint density at radius 2 is 1.81 bits per heavy atom. The highest BCUT2D eigenvalue weighted by Crippen LogP contribution is 2.31. The number of pyridine rings is 1. The maximum atomic E-state index is 12.9. The second-order valence-corrected chi connectivity index (χ2v) is 6.32. The van der Waals surface area contributed by atoms with Gasteiger partial charge in [-0.3, -0.25) is 5.10 Å². The van der Waals surface area contributed by atoms with Gasteiger partial charge in [0, 0.05) is 32.4 Å². The summed E-state index contributed by atoms with van der Waals surface area (Å²) in [4.78, 5) is 16.7. The number of halogens is 3. The Morgan fingerprint density at radius 1 is 1.07 bits per heavy atom. The molecule has 0 saturated carbocycles. The fraction of sp³-hybridized carbons (Fsp3) is 0.412. The van der Waals surface area contributed by atoms with Gasteiger partial charge in [-0.15, -0.1) is 0 Å². The predicted octanol–water partition coefficient (Wildman–Crippen LogP) is 2.66. The lowest BCUT2D eigenvalue weighted by molar-refractivity contribution is -0.137. The zero-order chi connectivity index (χ0) is 19.0. The van der Waals surface area contributed by atoms with Gasteiger partial charge in [0.05, 0.1) is 16.6 Å². The first-order valence-corrected chi connectivity index (χ1v) is 8.68. The Kier molecular flexibility index (Phi) is 4.33. The molecule has 0 atom stereocenters. The molecular formula is C17H18F3N7. The summed E-state index contributed by atoms with van der Waals surface area (Å²) in [5.74, 6) is 1.15. The van der Waals surface area contributed by atoms with Crippen LogP contribution in [0.25, 0.3) is 11.0 Å². The SMILES string of the molecule is CCc1n[nH]c2ncnc(N3CCN(c4cc(C(F)(F)F)ccn4)CC3)c12. The topological polar surface area (TPSA) is 73.8 Å². The lowest BCUT2D eigenvalue weighted by atomic mass is 10.2. The molecule has 0 spiro atoms. The van der Waals surface area contributed by atoms with Gasteiger partial charge in [0.25, 0.3) is 0 Å². The molecule has 0 aromatic carbocycles. The minimum absolute atomic E-state index is 0.342. The lowest BCUT2D eigenvalue weighted by Crippen LogP contribution is -2.47. The summed E-state index contributed by atoms with van der Waals surface area (Å²) in [6, 6.07) is 2.09. The highest BCUT2D eigenvalue weighted by Gasteiger charge is 2.31. The fourth-order valence-corrected chi connectivity index (χ4v) is 3.31. The summed E-state index contributed by atoms with van der Waals surface area (Å²) in [5, 5.41) is 8.11. The number of hydrogen-bond donors (Lipinski definition) is 1. The average Bonchev–Trinajstić information content (AvgIpc) is 3.11. The molecule has 10 heteroatoms. The van der Waals surface area contributed by atoms with Crippen molar-refractivity contribution in [1.29, 1.82) is 0 Å². The molecule has 1 N–H and O–H groups in total. The van der Waals surface area contributed by atoms with Crippen LogP contribution in [-0.2, 0) is 12.6 Å². The van der Waals surface area contributed by atoms with Gasteiger partial charge in [0.1, 0.15) is 18.0 Å². The van der Waals surface area contributed by atoms with Crippen molar-refractivity contribution < 1.29 is 13.2 Å². The molecule has 27 heavy (non-hydrogen) atoms. The summed E-state index contributed by atoms with van der Waals surface area (Å²) >= 11 is 0. The average molecular weight is 377 g/mol. The molecule has 3 aromatic rings. The van der Waals surface area contributed by atoms with E-state index in [1.54, 1.807) is 0 Å². The molecule has 1 aliphatic heterocycles. The van der Waals surface area contributed by atoms with Crippen molar-refractivity contribution in [3.63, 3.8) is 0 Å². The van der Waals surface area contributed by atoms with Crippen LogP contribution in [0.3, 0.4) is 0 Å². The van der Waals surface area contributed by atoms with Crippen LogP contribution in [0.15, 0.2) is 24.7 Å². The quantitative estimate of drug-likeness (QED) is 0.757. The molecule has 3 aromatic heterocycles. The van der Waals surface area contributed by atoms with Crippen molar-refractivity contribution >= 4 is 22.7 Å². The lowest BCUT2D eigenvalue weighted by Gasteiger charge is -2.36. The van der Waals surface area contributed by atoms with E-state index in [9.17, 15) is 13.2 Å². The number of aromatic nitrogens is 5. The maximum absolute atomic E-state index is 12.9. The van der Waals surface area contributed by atoms with Crippen molar-refractivity contribution in [2.75, 3.05) is 36.0 Å². The first-order valence-electron chi connectivity index (χ1n) is 8.68. The molecule has 7 nitrogen and oxygen atoms in total. The third kappa shape index (κ3) is 3.26. The van der Waals surface area contributed by atoms with Gasteiger partial charge < -0.3 is 9.80 Å². The first kappa shape index (κ1) is 17.5. The van der Waals surface area contributed by atoms with E-state index in [2.05, 4.69) is 30.0 Å². The molecule has 4 heterocycles. The zero-order valence-electron chi connectivity index (χ0n) is 14.7. The van der Waals surface area contributed by atoms with Crippen molar-refractivity contribution in [3.8, 4) is 0 Å². The molecule has 0 amide bonds. The van der Waals surface area contributed by atoms with Crippen LogP contribution in [0.1, 0.15) is 18.2 Å². The number of nitrogens with zero attached hydrogens (tertiary/aromatic N) is 6. The van der Waals surface area contributed by atoms with Crippen molar-refractivity contribution in [1.82, 2.24) is 25.1 Å². The van der Waals surface area contributed by atoms with Crippen molar-refractivity contribution in [3.05, 3.63) is 35.9 Å². The third-order valence-electron chi connectivity index (χ3n) is 4.72. The third-order valence-corrected chi connectivity index (χ3v) is 4.72. The van der Waals surface area contributed by atoms with E-state index in [1.165, 1.54) is 12.5 Å². The number of H-pyrrole nitrogens is 1. The van der Waals surface area contributed by atoms with E-state index >= 15 is 0 Å². The molecule has 4 rings (SSSR count). The predicted molar refractivity (Wildman–Crippen MR) is 94.7 cm³/mol. The minimum atomic E-state index is -4.37. The number of fused-ring (bicyclic) bond motifs is 1. The van der Waals surface area contributed by atoms with Gasteiger partial charge in [-0.25, -0.2) is 15.0 Å². The van der Waals surface area contributed by atoms with E-state index in [0.29, 0.717) is 37.6 Å². The number of aromatic amines is 1. The van der Waals surface area contributed by atoms with Gasteiger partial charge in [-0.1, -0.05) is 6.92 Å². The van der Waals surface area contributed by atoms with Crippen LogP contribution < -0.4 is 9.80 Å². The highest BCUT2D eigenvalue weighted by atomic mass is 19.4.